The number of pyridine rings is 1. The molecule has 0 aliphatic carbocycles. The first-order chi connectivity index (χ1) is 10.4. The minimum atomic E-state index is 0. The standard InChI is InChI=1S/C19H28N2O.ClH/c1-13(2)8-11-21-16(6)15(5)17-7-10-20-19(18(17)21)22-12-9-14(3)4;/h7-8,10,14H,9,11-12H2,1-6H3;1H. The van der Waals surface area contributed by atoms with Crippen LogP contribution in [0.4, 0.5) is 0 Å². The quantitative estimate of drug-likeness (QED) is 0.654. The van der Waals surface area contributed by atoms with Crippen LogP contribution >= 0.6 is 12.4 Å². The Morgan fingerprint density at radius 1 is 1.30 bits per heavy atom. The second kappa shape index (κ2) is 8.39. The van der Waals surface area contributed by atoms with Gasteiger partial charge in [0.05, 0.1) is 6.61 Å². The number of fused-ring (bicyclic) bond motifs is 1. The van der Waals surface area contributed by atoms with Crippen molar-refractivity contribution in [3.05, 3.63) is 35.2 Å². The van der Waals surface area contributed by atoms with Gasteiger partial charge in [-0.1, -0.05) is 25.5 Å². The summed E-state index contributed by atoms with van der Waals surface area (Å²) in [5, 5.41) is 1.24. The maximum Gasteiger partial charge on any atom is 0.238 e. The van der Waals surface area contributed by atoms with Crippen molar-refractivity contribution in [2.45, 2.75) is 54.5 Å². The largest absolute Gasteiger partial charge is 0.476 e. The summed E-state index contributed by atoms with van der Waals surface area (Å²) in [6.45, 7) is 14.6. The summed E-state index contributed by atoms with van der Waals surface area (Å²) in [4.78, 5) is 4.48. The summed E-state index contributed by atoms with van der Waals surface area (Å²) in [5.74, 6) is 1.40. The second-order valence-corrected chi connectivity index (χ2v) is 6.65. The third kappa shape index (κ3) is 4.51. The number of rotatable bonds is 6. The molecule has 2 rings (SSSR count). The summed E-state index contributed by atoms with van der Waals surface area (Å²) >= 11 is 0. The van der Waals surface area contributed by atoms with Gasteiger partial charge < -0.3 is 9.30 Å². The maximum atomic E-state index is 5.99. The molecule has 23 heavy (non-hydrogen) atoms. The van der Waals surface area contributed by atoms with Crippen LogP contribution in [0, 0.1) is 19.8 Å². The van der Waals surface area contributed by atoms with E-state index in [0.29, 0.717) is 5.92 Å². The van der Waals surface area contributed by atoms with E-state index < -0.39 is 0 Å². The molecule has 0 saturated heterocycles. The van der Waals surface area contributed by atoms with Gasteiger partial charge in [-0.25, -0.2) is 4.98 Å². The fourth-order valence-corrected chi connectivity index (χ4v) is 2.56. The Bertz CT molecular complexity index is 682. The van der Waals surface area contributed by atoms with Crippen molar-refractivity contribution in [1.82, 2.24) is 9.55 Å². The zero-order chi connectivity index (χ0) is 16.3. The molecule has 2 aromatic heterocycles. The van der Waals surface area contributed by atoms with E-state index in [0.717, 1.165) is 31.0 Å². The van der Waals surface area contributed by atoms with Gasteiger partial charge in [0.2, 0.25) is 5.88 Å². The van der Waals surface area contributed by atoms with Gasteiger partial charge in [0, 0.05) is 23.8 Å². The molecule has 3 nitrogen and oxygen atoms in total. The number of aryl methyl sites for hydroxylation is 1. The molecule has 0 amide bonds. The molecule has 2 heterocycles. The highest BCUT2D eigenvalue weighted by molar-refractivity contribution is 5.88. The Kier molecular flexibility index (Phi) is 7.14. The van der Waals surface area contributed by atoms with Gasteiger partial charge in [0.15, 0.2) is 0 Å². The fourth-order valence-electron chi connectivity index (χ4n) is 2.56. The summed E-state index contributed by atoms with van der Waals surface area (Å²) in [6, 6.07) is 2.09. The molecule has 0 aliphatic heterocycles. The van der Waals surface area contributed by atoms with Crippen LogP contribution in [-0.2, 0) is 6.54 Å². The van der Waals surface area contributed by atoms with Crippen LogP contribution in [0.15, 0.2) is 23.9 Å². The molecule has 0 radical (unpaired) electrons. The van der Waals surface area contributed by atoms with Gasteiger partial charge in [0.1, 0.15) is 5.52 Å². The predicted octanol–water partition coefficient (Wildman–Crippen LogP) is 5.47. The number of nitrogens with zero attached hydrogens (tertiary/aromatic N) is 2. The van der Waals surface area contributed by atoms with Gasteiger partial charge in [-0.3, -0.25) is 0 Å². The Balaban J connectivity index is 0.00000264. The molecule has 0 aliphatic rings. The van der Waals surface area contributed by atoms with Crippen LogP contribution in [0.5, 0.6) is 5.88 Å². The smallest absolute Gasteiger partial charge is 0.238 e. The van der Waals surface area contributed by atoms with E-state index in [1.807, 2.05) is 6.20 Å². The maximum absolute atomic E-state index is 5.99. The SMILES string of the molecule is CC(C)=CCn1c(C)c(C)c2ccnc(OCCC(C)C)c21.Cl. The number of aromatic nitrogens is 2. The van der Waals surface area contributed by atoms with E-state index in [1.165, 1.54) is 22.2 Å². The first kappa shape index (κ1) is 19.6. The molecule has 0 spiro atoms. The summed E-state index contributed by atoms with van der Waals surface area (Å²) in [5.41, 5.74) is 5.05. The Hall–Kier alpha value is -1.48. The topological polar surface area (TPSA) is 27.1 Å². The Morgan fingerprint density at radius 2 is 2.00 bits per heavy atom. The molecular formula is C19H29ClN2O. The molecule has 0 bridgehead atoms. The van der Waals surface area contributed by atoms with Crippen LogP contribution in [0.25, 0.3) is 10.9 Å². The third-order valence-corrected chi connectivity index (χ3v) is 4.13. The van der Waals surface area contributed by atoms with E-state index in [9.17, 15) is 0 Å². The van der Waals surface area contributed by atoms with Crippen molar-refractivity contribution in [2.75, 3.05) is 6.61 Å². The highest BCUT2D eigenvalue weighted by Gasteiger charge is 2.15. The fraction of sp³-hybridized carbons (Fsp3) is 0.526. The van der Waals surface area contributed by atoms with E-state index in [1.54, 1.807) is 0 Å². The van der Waals surface area contributed by atoms with E-state index in [-0.39, 0.29) is 12.4 Å². The average molecular weight is 337 g/mol. The lowest BCUT2D eigenvalue weighted by Gasteiger charge is -2.11. The minimum absolute atomic E-state index is 0. The zero-order valence-corrected chi connectivity index (χ0v) is 16.0. The van der Waals surface area contributed by atoms with Gasteiger partial charge in [0.25, 0.3) is 0 Å². The molecule has 0 N–H and O–H groups in total. The molecule has 0 aromatic carbocycles. The van der Waals surface area contributed by atoms with Crippen LogP contribution < -0.4 is 4.74 Å². The second-order valence-electron chi connectivity index (χ2n) is 6.65. The summed E-state index contributed by atoms with van der Waals surface area (Å²) in [6.07, 6.45) is 5.15. The lowest BCUT2D eigenvalue weighted by Crippen LogP contribution is -2.05. The first-order valence-electron chi connectivity index (χ1n) is 8.12. The molecule has 0 fully saturated rings. The number of hydrogen-bond acceptors (Lipinski definition) is 2. The van der Waals surface area contributed by atoms with Crippen molar-refractivity contribution in [2.24, 2.45) is 5.92 Å². The molecule has 2 aromatic rings. The Labute approximate surface area is 146 Å². The minimum Gasteiger partial charge on any atom is -0.476 e. The van der Waals surface area contributed by atoms with Gasteiger partial charge >= 0.3 is 0 Å². The van der Waals surface area contributed by atoms with Gasteiger partial charge in [-0.2, -0.15) is 0 Å². The highest BCUT2D eigenvalue weighted by atomic mass is 35.5. The van der Waals surface area contributed by atoms with Crippen LogP contribution in [0.2, 0.25) is 0 Å². The van der Waals surface area contributed by atoms with Gasteiger partial charge in [-0.15, -0.1) is 12.4 Å². The van der Waals surface area contributed by atoms with Gasteiger partial charge in [-0.05, 0) is 51.7 Å². The molecule has 128 valence electrons. The van der Waals surface area contributed by atoms with E-state index >= 15 is 0 Å². The molecule has 4 heteroatoms. The van der Waals surface area contributed by atoms with E-state index in [2.05, 4.69) is 63.2 Å². The van der Waals surface area contributed by atoms with Crippen molar-refractivity contribution < 1.29 is 4.74 Å². The zero-order valence-electron chi connectivity index (χ0n) is 15.1. The number of hydrogen-bond donors (Lipinski definition) is 0. The average Bonchev–Trinajstić information content (AvgIpc) is 2.70. The molecule has 0 atom stereocenters. The number of allylic oxidation sites excluding steroid dienone is 2. The summed E-state index contributed by atoms with van der Waals surface area (Å²) < 4.78 is 8.31. The summed E-state index contributed by atoms with van der Waals surface area (Å²) in [7, 11) is 0. The third-order valence-electron chi connectivity index (χ3n) is 4.13. The first-order valence-corrected chi connectivity index (χ1v) is 8.12. The lowest BCUT2D eigenvalue weighted by atomic mass is 10.1. The van der Waals surface area contributed by atoms with Crippen molar-refractivity contribution in [3.8, 4) is 5.88 Å². The monoisotopic (exact) mass is 336 g/mol. The lowest BCUT2D eigenvalue weighted by molar-refractivity contribution is 0.281. The van der Waals surface area contributed by atoms with Crippen molar-refractivity contribution >= 4 is 23.3 Å². The predicted molar refractivity (Wildman–Crippen MR) is 101 cm³/mol. The van der Waals surface area contributed by atoms with Crippen molar-refractivity contribution in [1.29, 1.82) is 0 Å². The Morgan fingerprint density at radius 3 is 2.61 bits per heavy atom. The van der Waals surface area contributed by atoms with Crippen LogP contribution in [0.3, 0.4) is 0 Å². The molecule has 0 unspecified atom stereocenters. The highest BCUT2D eigenvalue weighted by Crippen LogP contribution is 2.31. The number of ether oxygens (including phenoxy) is 1. The normalized spacial score (nSPS) is 10.7. The van der Waals surface area contributed by atoms with Crippen LogP contribution in [-0.4, -0.2) is 16.2 Å². The van der Waals surface area contributed by atoms with Crippen molar-refractivity contribution in [3.63, 3.8) is 0 Å². The number of halogens is 1. The van der Waals surface area contributed by atoms with Crippen LogP contribution in [0.1, 0.15) is 45.4 Å². The molecule has 0 saturated carbocycles. The molecular weight excluding hydrogens is 308 g/mol. The van der Waals surface area contributed by atoms with E-state index in [4.69, 9.17) is 4.74 Å².